The number of nitrogens with zero attached hydrogens (tertiary/aromatic N) is 3. The van der Waals surface area contributed by atoms with E-state index in [0.29, 0.717) is 11.7 Å². The maximum absolute atomic E-state index is 12.4. The third-order valence-corrected chi connectivity index (χ3v) is 5.97. The summed E-state index contributed by atoms with van der Waals surface area (Å²) in [6.45, 7) is 5.33. The molecule has 0 saturated carbocycles. The van der Waals surface area contributed by atoms with Crippen LogP contribution in [-0.2, 0) is 4.74 Å². The Morgan fingerprint density at radius 3 is 2.86 bits per heavy atom. The van der Waals surface area contributed by atoms with Crippen molar-refractivity contribution in [3.63, 3.8) is 0 Å². The summed E-state index contributed by atoms with van der Waals surface area (Å²) in [5.74, 6) is 0.0858. The van der Waals surface area contributed by atoms with Crippen LogP contribution < -0.4 is 0 Å². The van der Waals surface area contributed by atoms with Crippen LogP contribution in [0.15, 0.2) is 10.9 Å². The van der Waals surface area contributed by atoms with Crippen molar-refractivity contribution in [1.82, 2.24) is 14.8 Å². The minimum Gasteiger partial charge on any atom is -0.380 e. The van der Waals surface area contributed by atoms with E-state index in [1.54, 1.807) is 5.51 Å². The summed E-state index contributed by atoms with van der Waals surface area (Å²) in [5.41, 5.74) is 2.58. The number of hydrogen-bond acceptors (Lipinski definition) is 5. The SMILES string of the molecule is CCOCC1CCC2(CCN(C(=O)c3cscn3)CC2)N1C. The van der Waals surface area contributed by atoms with Gasteiger partial charge in [-0.1, -0.05) is 0 Å². The van der Waals surface area contributed by atoms with E-state index in [-0.39, 0.29) is 11.4 Å². The molecular weight excluding hydrogens is 298 g/mol. The highest BCUT2D eigenvalue weighted by molar-refractivity contribution is 7.07. The van der Waals surface area contributed by atoms with Crippen LogP contribution in [0.4, 0.5) is 0 Å². The molecule has 0 aromatic carbocycles. The van der Waals surface area contributed by atoms with E-state index in [1.807, 2.05) is 17.2 Å². The highest BCUT2D eigenvalue weighted by atomic mass is 32.1. The van der Waals surface area contributed by atoms with Crippen LogP contribution in [0.5, 0.6) is 0 Å². The smallest absolute Gasteiger partial charge is 0.273 e. The number of thiazole rings is 1. The molecule has 22 heavy (non-hydrogen) atoms. The average Bonchev–Trinajstić information content (AvgIpc) is 3.17. The van der Waals surface area contributed by atoms with E-state index >= 15 is 0 Å². The van der Waals surface area contributed by atoms with Crippen molar-refractivity contribution in [2.75, 3.05) is 33.4 Å². The normalized spacial score (nSPS) is 25.0. The Hall–Kier alpha value is -0.980. The van der Waals surface area contributed by atoms with E-state index in [1.165, 1.54) is 24.2 Å². The monoisotopic (exact) mass is 323 g/mol. The van der Waals surface area contributed by atoms with Gasteiger partial charge >= 0.3 is 0 Å². The zero-order chi connectivity index (χ0) is 15.6. The van der Waals surface area contributed by atoms with Crippen LogP contribution in [-0.4, -0.2) is 65.6 Å². The zero-order valence-corrected chi connectivity index (χ0v) is 14.3. The molecule has 1 amide bonds. The Morgan fingerprint density at radius 1 is 1.45 bits per heavy atom. The van der Waals surface area contributed by atoms with Crippen LogP contribution in [0.25, 0.3) is 0 Å². The molecule has 1 aromatic rings. The average molecular weight is 323 g/mol. The molecule has 0 aliphatic carbocycles. The van der Waals surface area contributed by atoms with Crippen molar-refractivity contribution in [2.45, 2.75) is 44.2 Å². The lowest BCUT2D eigenvalue weighted by Crippen LogP contribution is -2.54. The third kappa shape index (κ3) is 2.92. The van der Waals surface area contributed by atoms with Crippen LogP contribution >= 0.6 is 11.3 Å². The third-order valence-electron chi connectivity index (χ3n) is 5.39. The molecule has 3 heterocycles. The summed E-state index contributed by atoms with van der Waals surface area (Å²) in [4.78, 5) is 21.0. The van der Waals surface area contributed by atoms with Crippen molar-refractivity contribution >= 4 is 17.2 Å². The largest absolute Gasteiger partial charge is 0.380 e. The first-order valence-corrected chi connectivity index (χ1v) is 9.09. The second kappa shape index (κ2) is 6.64. The second-order valence-corrected chi connectivity index (χ2v) is 7.07. The van der Waals surface area contributed by atoms with Gasteiger partial charge < -0.3 is 9.64 Å². The van der Waals surface area contributed by atoms with Gasteiger partial charge in [0.2, 0.25) is 0 Å². The number of piperidine rings is 1. The molecule has 0 radical (unpaired) electrons. The van der Waals surface area contributed by atoms with Gasteiger partial charge in [-0.3, -0.25) is 9.69 Å². The van der Waals surface area contributed by atoms with Crippen LogP contribution in [0.1, 0.15) is 43.1 Å². The van der Waals surface area contributed by atoms with Crippen molar-refractivity contribution in [2.24, 2.45) is 0 Å². The molecule has 0 bridgehead atoms. The summed E-state index contributed by atoms with van der Waals surface area (Å²) >= 11 is 1.48. The molecule has 1 aromatic heterocycles. The number of aromatic nitrogens is 1. The lowest BCUT2D eigenvalue weighted by Gasteiger charge is -2.44. The molecule has 2 fully saturated rings. The first-order valence-electron chi connectivity index (χ1n) is 8.14. The first-order chi connectivity index (χ1) is 10.7. The Labute approximate surface area is 136 Å². The lowest BCUT2D eigenvalue weighted by molar-refractivity contribution is 0.0209. The van der Waals surface area contributed by atoms with E-state index in [4.69, 9.17) is 4.74 Å². The number of carbonyl (C=O) groups is 1. The summed E-state index contributed by atoms with van der Waals surface area (Å²) in [5, 5.41) is 1.84. The fraction of sp³-hybridized carbons (Fsp3) is 0.750. The minimum atomic E-state index is 0.0858. The van der Waals surface area contributed by atoms with Crippen molar-refractivity contribution < 1.29 is 9.53 Å². The van der Waals surface area contributed by atoms with Crippen molar-refractivity contribution in [3.8, 4) is 0 Å². The fourth-order valence-corrected chi connectivity index (χ4v) is 4.38. The molecule has 3 rings (SSSR count). The van der Waals surface area contributed by atoms with Gasteiger partial charge in [-0.15, -0.1) is 11.3 Å². The molecule has 2 saturated heterocycles. The predicted octanol–water partition coefficient (Wildman–Crippen LogP) is 2.25. The molecule has 6 heteroatoms. The molecule has 5 nitrogen and oxygen atoms in total. The predicted molar refractivity (Wildman–Crippen MR) is 87.3 cm³/mol. The van der Waals surface area contributed by atoms with E-state index in [2.05, 4.69) is 16.9 Å². The molecular formula is C16H25N3O2S. The molecule has 2 aliphatic rings. The van der Waals surface area contributed by atoms with Gasteiger partial charge in [0.15, 0.2) is 0 Å². The summed E-state index contributed by atoms with van der Waals surface area (Å²) in [6.07, 6.45) is 4.54. The fourth-order valence-electron chi connectivity index (χ4n) is 3.85. The molecule has 1 atom stereocenters. The number of ether oxygens (including phenoxy) is 1. The number of carbonyl (C=O) groups excluding carboxylic acids is 1. The van der Waals surface area contributed by atoms with Gasteiger partial charge in [0.1, 0.15) is 5.69 Å². The second-order valence-electron chi connectivity index (χ2n) is 6.35. The topological polar surface area (TPSA) is 45.7 Å². The lowest BCUT2D eigenvalue weighted by atomic mass is 9.85. The number of likely N-dealkylation sites (N-methyl/N-ethyl adjacent to an activating group) is 1. The molecule has 2 aliphatic heterocycles. The Kier molecular flexibility index (Phi) is 4.80. The van der Waals surface area contributed by atoms with Crippen LogP contribution in [0.3, 0.4) is 0 Å². The number of amides is 1. The van der Waals surface area contributed by atoms with Gasteiger partial charge in [-0.05, 0) is 39.7 Å². The van der Waals surface area contributed by atoms with E-state index in [9.17, 15) is 4.79 Å². The molecule has 1 unspecified atom stereocenters. The molecule has 122 valence electrons. The number of hydrogen-bond donors (Lipinski definition) is 0. The highest BCUT2D eigenvalue weighted by Gasteiger charge is 2.46. The van der Waals surface area contributed by atoms with E-state index in [0.717, 1.165) is 39.1 Å². The molecule has 1 spiro atoms. The summed E-state index contributed by atoms with van der Waals surface area (Å²) in [6, 6.07) is 0.528. The summed E-state index contributed by atoms with van der Waals surface area (Å²) < 4.78 is 5.62. The standard InChI is InChI=1S/C16H25N3O2S/c1-3-21-10-13-4-5-16(18(13)2)6-8-19(9-7-16)15(20)14-11-22-12-17-14/h11-13H,3-10H2,1-2H3. The van der Waals surface area contributed by atoms with Crippen LogP contribution in [0, 0.1) is 0 Å². The molecule has 0 N–H and O–H groups in total. The van der Waals surface area contributed by atoms with Gasteiger partial charge in [0.25, 0.3) is 5.91 Å². The minimum absolute atomic E-state index is 0.0858. The Balaban J connectivity index is 1.58. The van der Waals surface area contributed by atoms with Crippen molar-refractivity contribution in [1.29, 1.82) is 0 Å². The van der Waals surface area contributed by atoms with Gasteiger partial charge in [-0.25, -0.2) is 4.98 Å². The van der Waals surface area contributed by atoms with Crippen molar-refractivity contribution in [3.05, 3.63) is 16.6 Å². The quantitative estimate of drug-likeness (QED) is 0.852. The maximum atomic E-state index is 12.4. The van der Waals surface area contributed by atoms with Gasteiger partial charge in [0, 0.05) is 36.7 Å². The Morgan fingerprint density at radius 2 is 2.23 bits per heavy atom. The zero-order valence-electron chi connectivity index (χ0n) is 13.5. The van der Waals surface area contributed by atoms with Crippen LogP contribution in [0.2, 0.25) is 0 Å². The highest BCUT2D eigenvalue weighted by Crippen LogP contribution is 2.40. The van der Waals surface area contributed by atoms with Gasteiger partial charge in [-0.2, -0.15) is 0 Å². The van der Waals surface area contributed by atoms with Gasteiger partial charge in [0.05, 0.1) is 12.1 Å². The van der Waals surface area contributed by atoms with E-state index < -0.39 is 0 Å². The first kappa shape index (κ1) is 15.9. The number of likely N-dealkylation sites (tertiary alicyclic amines) is 2. The summed E-state index contributed by atoms with van der Waals surface area (Å²) in [7, 11) is 2.23. The number of rotatable bonds is 4. The Bertz CT molecular complexity index is 497. The maximum Gasteiger partial charge on any atom is 0.273 e.